The summed E-state index contributed by atoms with van der Waals surface area (Å²) in [7, 11) is -0.0332. The average molecular weight is 505 g/mol. The maximum Gasteiger partial charge on any atom is 0.252 e. The predicted molar refractivity (Wildman–Crippen MR) is 128 cm³/mol. The van der Waals surface area contributed by atoms with Crippen LogP contribution in [0.25, 0.3) is 0 Å². The van der Waals surface area contributed by atoms with Gasteiger partial charge in [0.15, 0.2) is 38.0 Å². The number of aliphatic imine (C=N–C) groups is 1. The van der Waals surface area contributed by atoms with Crippen molar-refractivity contribution >= 4 is 32.7 Å². The number of rotatable bonds is 6. The lowest BCUT2D eigenvalue weighted by Crippen LogP contribution is -2.37. The third kappa shape index (κ3) is 4.54. The van der Waals surface area contributed by atoms with Gasteiger partial charge in [0, 0.05) is 11.8 Å². The molecule has 0 radical (unpaired) electrons. The number of hydrogen-bond acceptors (Lipinski definition) is 8. The Balaban J connectivity index is 1.38. The highest BCUT2D eigenvalue weighted by Crippen LogP contribution is 2.40. The van der Waals surface area contributed by atoms with Crippen LogP contribution in [-0.2, 0) is 27.6 Å². The molecule has 2 aromatic carbocycles. The molecule has 5 rings (SSSR count). The molecule has 1 amide bonds. The van der Waals surface area contributed by atoms with Gasteiger partial charge in [-0.1, -0.05) is 23.9 Å². The fourth-order valence-corrected chi connectivity index (χ4v) is 8.34. The lowest BCUT2D eigenvalue weighted by atomic mass is 10.1. The number of ether oxygens (including phenoxy) is 4. The smallest absolute Gasteiger partial charge is 0.252 e. The van der Waals surface area contributed by atoms with E-state index >= 15 is 0 Å². The van der Waals surface area contributed by atoms with Gasteiger partial charge in [0.25, 0.3) is 5.91 Å². The number of hydrogen-bond donors (Lipinski definition) is 0. The molecule has 0 bridgehead atoms. The van der Waals surface area contributed by atoms with E-state index < -0.39 is 9.84 Å². The first kappa shape index (κ1) is 22.9. The molecule has 0 aliphatic carbocycles. The zero-order valence-electron chi connectivity index (χ0n) is 18.7. The summed E-state index contributed by atoms with van der Waals surface area (Å²) in [6, 6.07) is 10.7. The SMILES string of the molecule is COc1ccc(CC(=O)N=C2S[C@H]3CS(=O)(=O)C[C@H]3N2Cc2ccc3c(c2)OCO3)cc1OC. The molecule has 0 unspecified atom stereocenters. The van der Waals surface area contributed by atoms with E-state index in [0.717, 1.165) is 11.1 Å². The first-order valence-corrected chi connectivity index (χ1v) is 13.4. The molecule has 3 aliphatic rings. The predicted octanol–water partition coefficient (Wildman–Crippen LogP) is 2.27. The van der Waals surface area contributed by atoms with Crippen LogP contribution in [0.1, 0.15) is 11.1 Å². The van der Waals surface area contributed by atoms with Gasteiger partial charge in [0.05, 0.1) is 38.2 Å². The number of amidine groups is 1. The monoisotopic (exact) mass is 504 g/mol. The highest BCUT2D eigenvalue weighted by Gasteiger charge is 2.48. The standard InChI is InChI=1S/C23H24N2O7S2/c1-29-17-5-3-14(7-19(17)30-2)9-22(26)24-23-25(16-11-34(27,28)12-21(16)33-23)10-15-4-6-18-20(8-15)32-13-31-18/h3-8,16,21H,9-13H2,1-2H3/t16-,21+/m1/s1. The topological polar surface area (TPSA) is 104 Å². The van der Waals surface area contributed by atoms with Crippen LogP contribution in [-0.4, -0.2) is 68.2 Å². The molecule has 9 nitrogen and oxygen atoms in total. The summed E-state index contributed by atoms with van der Waals surface area (Å²) < 4.78 is 46.0. The van der Waals surface area contributed by atoms with Crippen LogP contribution in [0, 0.1) is 0 Å². The molecule has 0 saturated carbocycles. The average Bonchev–Trinajstić information content (AvgIpc) is 3.46. The molecule has 2 saturated heterocycles. The van der Waals surface area contributed by atoms with Gasteiger partial charge in [-0.2, -0.15) is 4.99 Å². The summed E-state index contributed by atoms with van der Waals surface area (Å²) in [5, 5.41) is 0.402. The van der Waals surface area contributed by atoms with E-state index in [9.17, 15) is 13.2 Å². The van der Waals surface area contributed by atoms with Gasteiger partial charge in [-0.25, -0.2) is 8.42 Å². The van der Waals surface area contributed by atoms with Crippen molar-refractivity contribution in [3.8, 4) is 23.0 Å². The molecule has 2 fully saturated rings. The maximum absolute atomic E-state index is 12.9. The molecule has 0 spiro atoms. The second-order valence-corrected chi connectivity index (χ2v) is 11.6. The fourth-order valence-electron chi connectivity index (χ4n) is 4.37. The van der Waals surface area contributed by atoms with Gasteiger partial charge in [0.1, 0.15) is 0 Å². The van der Waals surface area contributed by atoms with E-state index in [4.69, 9.17) is 18.9 Å². The second kappa shape index (κ2) is 9.03. The van der Waals surface area contributed by atoms with Crippen molar-refractivity contribution in [3.05, 3.63) is 47.5 Å². The van der Waals surface area contributed by atoms with E-state index in [2.05, 4.69) is 4.99 Å². The summed E-state index contributed by atoms with van der Waals surface area (Å²) in [5.41, 5.74) is 1.68. The second-order valence-electron chi connectivity index (χ2n) is 8.27. The number of carbonyl (C=O) groups excluding carboxylic acids is 1. The number of methoxy groups -OCH3 is 2. The number of nitrogens with zero attached hydrogens (tertiary/aromatic N) is 2. The fraction of sp³-hybridized carbons (Fsp3) is 0.391. The number of thioether (sulfide) groups is 1. The molecule has 3 aliphatic heterocycles. The van der Waals surface area contributed by atoms with Crippen molar-refractivity contribution in [2.45, 2.75) is 24.3 Å². The Morgan fingerprint density at radius 3 is 2.62 bits per heavy atom. The number of carbonyl (C=O) groups is 1. The van der Waals surface area contributed by atoms with E-state index in [1.54, 1.807) is 32.4 Å². The molecular formula is C23H24N2O7S2. The molecule has 11 heteroatoms. The normalized spacial score (nSPS) is 23.2. The number of benzene rings is 2. The summed E-state index contributed by atoms with van der Waals surface area (Å²) >= 11 is 1.36. The summed E-state index contributed by atoms with van der Waals surface area (Å²) in [6.45, 7) is 0.599. The third-order valence-electron chi connectivity index (χ3n) is 5.99. The van der Waals surface area contributed by atoms with E-state index in [-0.39, 0.29) is 41.9 Å². The zero-order chi connectivity index (χ0) is 23.9. The molecule has 2 aromatic rings. The Morgan fingerprint density at radius 1 is 1.06 bits per heavy atom. The van der Waals surface area contributed by atoms with E-state index in [1.807, 2.05) is 23.1 Å². The molecular weight excluding hydrogens is 480 g/mol. The summed E-state index contributed by atoms with van der Waals surface area (Å²) in [6.07, 6.45) is 0.0932. The van der Waals surface area contributed by atoms with Gasteiger partial charge < -0.3 is 23.8 Å². The minimum atomic E-state index is -3.13. The van der Waals surface area contributed by atoms with Gasteiger partial charge in [-0.15, -0.1) is 0 Å². The zero-order valence-corrected chi connectivity index (χ0v) is 20.4. The Kier molecular flexibility index (Phi) is 6.07. The Labute approximate surface area is 202 Å². The van der Waals surface area contributed by atoms with Crippen molar-refractivity contribution in [1.29, 1.82) is 0 Å². The highest BCUT2D eigenvalue weighted by molar-refractivity contribution is 8.15. The van der Waals surface area contributed by atoms with Crippen molar-refractivity contribution < 1.29 is 32.2 Å². The van der Waals surface area contributed by atoms with Gasteiger partial charge in [-0.3, -0.25) is 4.79 Å². The molecule has 3 heterocycles. The maximum atomic E-state index is 12.9. The summed E-state index contributed by atoms with van der Waals surface area (Å²) in [5.74, 6) is 2.29. The molecule has 0 aromatic heterocycles. The van der Waals surface area contributed by atoms with Crippen LogP contribution >= 0.6 is 11.8 Å². The minimum Gasteiger partial charge on any atom is -0.493 e. The molecule has 34 heavy (non-hydrogen) atoms. The van der Waals surface area contributed by atoms with Crippen molar-refractivity contribution in [3.63, 3.8) is 0 Å². The number of sulfone groups is 1. The lowest BCUT2D eigenvalue weighted by molar-refractivity contribution is -0.117. The van der Waals surface area contributed by atoms with Crippen molar-refractivity contribution in [2.24, 2.45) is 4.99 Å². The van der Waals surface area contributed by atoms with E-state index in [1.165, 1.54) is 11.8 Å². The summed E-state index contributed by atoms with van der Waals surface area (Å²) in [4.78, 5) is 19.2. The number of fused-ring (bicyclic) bond motifs is 2. The van der Waals surface area contributed by atoms with Gasteiger partial charge in [-0.05, 0) is 35.4 Å². The molecule has 180 valence electrons. The van der Waals surface area contributed by atoms with Gasteiger partial charge >= 0.3 is 0 Å². The number of amides is 1. The van der Waals surface area contributed by atoms with Gasteiger partial charge in [0.2, 0.25) is 6.79 Å². The Bertz CT molecular complexity index is 1260. The Morgan fingerprint density at radius 2 is 1.82 bits per heavy atom. The van der Waals surface area contributed by atoms with Crippen LogP contribution in [0.4, 0.5) is 0 Å². The van der Waals surface area contributed by atoms with E-state index in [0.29, 0.717) is 34.7 Å². The van der Waals surface area contributed by atoms with Crippen LogP contribution in [0.15, 0.2) is 41.4 Å². The third-order valence-corrected chi connectivity index (χ3v) is 9.24. The molecule has 0 N–H and O–H groups in total. The van der Waals surface area contributed by atoms with Crippen molar-refractivity contribution in [1.82, 2.24) is 4.90 Å². The quantitative estimate of drug-likeness (QED) is 0.586. The van der Waals surface area contributed by atoms with Crippen molar-refractivity contribution in [2.75, 3.05) is 32.5 Å². The van der Waals surface area contributed by atoms with Crippen LogP contribution in [0.5, 0.6) is 23.0 Å². The largest absolute Gasteiger partial charge is 0.493 e. The van der Waals surface area contributed by atoms with Crippen LogP contribution < -0.4 is 18.9 Å². The highest BCUT2D eigenvalue weighted by atomic mass is 32.2. The van der Waals surface area contributed by atoms with Crippen LogP contribution in [0.3, 0.4) is 0 Å². The first-order valence-electron chi connectivity index (χ1n) is 10.7. The minimum absolute atomic E-state index is 0.0537. The Hall–Kier alpha value is -2.92. The molecule has 2 atom stereocenters. The van der Waals surface area contributed by atoms with Crippen LogP contribution in [0.2, 0.25) is 0 Å². The lowest BCUT2D eigenvalue weighted by Gasteiger charge is -2.24. The first-order chi connectivity index (χ1) is 16.3.